The molecule has 2 aromatic heterocycles. The van der Waals surface area contributed by atoms with E-state index in [4.69, 9.17) is 4.74 Å². The molecular formula is C23H26N6OS. The molecule has 4 aromatic rings. The molecule has 8 heteroatoms. The van der Waals surface area contributed by atoms with E-state index in [9.17, 15) is 0 Å². The maximum atomic E-state index is 5.97. The Hall–Kier alpha value is -2.84. The number of tetrazole rings is 1. The monoisotopic (exact) mass is 434 g/mol. The maximum Gasteiger partial charge on any atom is 0.279 e. The van der Waals surface area contributed by atoms with E-state index < -0.39 is 0 Å². The van der Waals surface area contributed by atoms with Crippen LogP contribution in [0.5, 0.6) is 10.9 Å². The second-order valence-electron chi connectivity index (χ2n) is 8.02. The lowest BCUT2D eigenvalue weighted by molar-refractivity contribution is 0.409. The summed E-state index contributed by atoms with van der Waals surface area (Å²) in [6.45, 7) is 1.79. The van der Waals surface area contributed by atoms with Gasteiger partial charge in [0.15, 0.2) is 6.33 Å². The Kier molecular flexibility index (Phi) is 6.18. The van der Waals surface area contributed by atoms with Crippen molar-refractivity contribution in [2.75, 3.05) is 6.54 Å². The first-order chi connectivity index (χ1) is 15.3. The van der Waals surface area contributed by atoms with Gasteiger partial charge >= 0.3 is 0 Å². The van der Waals surface area contributed by atoms with Crippen LogP contribution in [0.1, 0.15) is 31.2 Å². The minimum absolute atomic E-state index is 0.586. The van der Waals surface area contributed by atoms with Crippen LogP contribution >= 0.6 is 11.3 Å². The molecule has 2 aromatic carbocycles. The molecule has 5 rings (SSSR count). The van der Waals surface area contributed by atoms with Crippen molar-refractivity contribution in [3.05, 3.63) is 60.4 Å². The van der Waals surface area contributed by atoms with Crippen molar-refractivity contribution in [3.63, 3.8) is 0 Å². The molecule has 1 unspecified atom stereocenters. The fourth-order valence-electron chi connectivity index (χ4n) is 3.84. The number of hydrogen-bond donors (Lipinski definition) is 1. The first-order valence-electron chi connectivity index (χ1n) is 10.9. The van der Waals surface area contributed by atoms with E-state index in [0.717, 1.165) is 54.2 Å². The van der Waals surface area contributed by atoms with Gasteiger partial charge in [-0.2, -0.15) is 4.80 Å². The number of aromatic nitrogens is 5. The fourth-order valence-corrected chi connectivity index (χ4v) is 4.68. The molecule has 0 bridgehead atoms. The third kappa shape index (κ3) is 5.45. The fraction of sp³-hybridized carbons (Fsp3) is 0.391. The lowest BCUT2D eigenvalue weighted by Crippen LogP contribution is -2.33. The molecule has 0 aliphatic heterocycles. The Balaban J connectivity index is 1.10. The molecule has 160 valence electrons. The lowest BCUT2D eigenvalue weighted by atomic mass is 10.0. The van der Waals surface area contributed by atoms with Gasteiger partial charge in [-0.15, -0.1) is 10.2 Å². The van der Waals surface area contributed by atoms with Crippen LogP contribution in [0.4, 0.5) is 0 Å². The molecular weight excluding hydrogens is 408 g/mol. The molecule has 0 spiro atoms. The first-order valence-corrected chi connectivity index (χ1v) is 11.7. The highest BCUT2D eigenvalue weighted by Crippen LogP contribution is 2.35. The van der Waals surface area contributed by atoms with Gasteiger partial charge in [-0.3, -0.25) is 0 Å². The molecule has 0 radical (unpaired) electrons. The van der Waals surface area contributed by atoms with Gasteiger partial charge in [-0.05, 0) is 79.6 Å². The summed E-state index contributed by atoms with van der Waals surface area (Å²) < 4.78 is 7.11. The van der Waals surface area contributed by atoms with Gasteiger partial charge in [-0.1, -0.05) is 35.6 Å². The first kappa shape index (κ1) is 20.1. The Morgan fingerprint density at radius 3 is 2.77 bits per heavy atom. The average molecular weight is 435 g/mol. The molecule has 0 saturated heterocycles. The number of para-hydroxylation sites is 1. The number of fused-ring (bicyclic) bond motifs is 1. The van der Waals surface area contributed by atoms with Gasteiger partial charge < -0.3 is 10.1 Å². The highest BCUT2D eigenvalue weighted by atomic mass is 32.1. The summed E-state index contributed by atoms with van der Waals surface area (Å²) >= 11 is 1.57. The Morgan fingerprint density at radius 2 is 2.00 bits per heavy atom. The predicted molar refractivity (Wildman–Crippen MR) is 121 cm³/mol. The summed E-state index contributed by atoms with van der Waals surface area (Å²) in [6, 6.07) is 17.1. The highest BCUT2D eigenvalue weighted by Gasteiger charge is 2.30. The number of aryl methyl sites for hydroxylation is 2. The molecule has 31 heavy (non-hydrogen) atoms. The van der Waals surface area contributed by atoms with Crippen LogP contribution in [0.15, 0.2) is 54.9 Å². The number of nitrogens with one attached hydrogen (secondary N) is 1. The maximum absolute atomic E-state index is 5.97. The summed E-state index contributed by atoms with van der Waals surface area (Å²) in [5, 5.41) is 16.2. The van der Waals surface area contributed by atoms with Crippen molar-refractivity contribution < 1.29 is 4.74 Å². The number of nitrogens with zero attached hydrogens (tertiary/aromatic N) is 5. The second kappa shape index (κ2) is 9.53. The molecule has 1 atom stereocenters. The quantitative estimate of drug-likeness (QED) is 0.351. The molecule has 1 saturated carbocycles. The van der Waals surface area contributed by atoms with E-state index in [0.29, 0.717) is 11.2 Å². The van der Waals surface area contributed by atoms with Gasteiger partial charge in [0.2, 0.25) is 0 Å². The number of hydrogen-bond acceptors (Lipinski definition) is 7. The van der Waals surface area contributed by atoms with Gasteiger partial charge in [0.1, 0.15) is 5.75 Å². The normalized spacial score (nSPS) is 14.7. The minimum Gasteiger partial charge on any atom is -0.431 e. The van der Waals surface area contributed by atoms with E-state index in [1.807, 2.05) is 30.3 Å². The van der Waals surface area contributed by atoms with Gasteiger partial charge in [0, 0.05) is 6.04 Å². The van der Waals surface area contributed by atoms with Crippen LogP contribution in [-0.4, -0.2) is 37.8 Å². The van der Waals surface area contributed by atoms with Crippen molar-refractivity contribution in [1.82, 2.24) is 30.5 Å². The topological polar surface area (TPSA) is 77.8 Å². The molecule has 1 aliphatic carbocycles. The van der Waals surface area contributed by atoms with Crippen LogP contribution in [0.3, 0.4) is 0 Å². The Bertz CT molecular complexity index is 1060. The number of rotatable bonds is 11. The summed E-state index contributed by atoms with van der Waals surface area (Å²) in [4.78, 5) is 6.19. The largest absolute Gasteiger partial charge is 0.431 e. The van der Waals surface area contributed by atoms with Crippen LogP contribution in [0.25, 0.3) is 10.2 Å². The van der Waals surface area contributed by atoms with Crippen LogP contribution in [0, 0.1) is 5.92 Å². The van der Waals surface area contributed by atoms with Crippen molar-refractivity contribution in [1.29, 1.82) is 0 Å². The summed E-state index contributed by atoms with van der Waals surface area (Å²) in [7, 11) is 0. The molecule has 0 amide bonds. The highest BCUT2D eigenvalue weighted by molar-refractivity contribution is 7.20. The van der Waals surface area contributed by atoms with E-state index in [1.165, 1.54) is 24.7 Å². The van der Waals surface area contributed by atoms with E-state index in [1.54, 1.807) is 16.1 Å². The SMILES string of the molecule is c1ccc2sc(Oc3ccc(CCC(NCCCn4ncnn4)C4CC4)cc3)nc2c1. The van der Waals surface area contributed by atoms with E-state index >= 15 is 0 Å². The zero-order valence-corrected chi connectivity index (χ0v) is 18.2. The third-order valence-corrected chi connectivity index (χ3v) is 6.59. The Labute approximate surface area is 185 Å². The standard InChI is InChI=1S/C23H26N6OS/c1-2-5-22-21(4-1)27-23(31-22)30-19-11-6-17(7-12-19)8-13-20(18-9-10-18)24-14-3-15-29-26-16-25-28-29/h1-2,4-7,11-12,16,18,20,24H,3,8-10,13-15H2. The predicted octanol–water partition coefficient (Wildman–Crippen LogP) is 4.47. The number of ether oxygens (including phenoxy) is 1. The third-order valence-electron chi connectivity index (χ3n) is 5.67. The zero-order chi connectivity index (χ0) is 20.9. The van der Waals surface area contributed by atoms with Crippen molar-refractivity contribution in [2.45, 2.75) is 44.7 Å². The van der Waals surface area contributed by atoms with Crippen molar-refractivity contribution in [3.8, 4) is 10.9 Å². The molecule has 1 fully saturated rings. The summed E-state index contributed by atoms with van der Waals surface area (Å²) in [5.41, 5.74) is 2.33. The Morgan fingerprint density at radius 1 is 1.13 bits per heavy atom. The van der Waals surface area contributed by atoms with Gasteiger partial charge in [0.05, 0.1) is 16.8 Å². The smallest absolute Gasteiger partial charge is 0.279 e. The number of benzene rings is 2. The number of thiazole rings is 1. The van der Waals surface area contributed by atoms with Gasteiger partial charge in [0.25, 0.3) is 5.19 Å². The summed E-state index contributed by atoms with van der Waals surface area (Å²) in [6.07, 6.45) is 7.41. The van der Waals surface area contributed by atoms with E-state index in [2.05, 4.69) is 43.9 Å². The molecule has 1 aliphatic rings. The van der Waals surface area contributed by atoms with Crippen molar-refractivity contribution in [2.24, 2.45) is 5.92 Å². The lowest BCUT2D eigenvalue weighted by Gasteiger charge is -2.18. The minimum atomic E-state index is 0.586. The zero-order valence-electron chi connectivity index (χ0n) is 17.4. The van der Waals surface area contributed by atoms with Crippen LogP contribution in [-0.2, 0) is 13.0 Å². The van der Waals surface area contributed by atoms with Crippen molar-refractivity contribution >= 4 is 21.6 Å². The van der Waals surface area contributed by atoms with Crippen LogP contribution in [0.2, 0.25) is 0 Å². The molecule has 2 heterocycles. The summed E-state index contributed by atoms with van der Waals surface area (Å²) in [5.74, 6) is 1.66. The molecule has 7 nitrogen and oxygen atoms in total. The molecule has 1 N–H and O–H groups in total. The average Bonchev–Trinajstić information content (AvgIpc) is 3.34. The second-order valence-corrected chi connectivity index (χ2v) is 9.01. The van der Waals surface area contributed by atoms with E-state index in [-0.39, 0.29) is 0 Å². The van der Waals surface area contributed by atoms with Crippen LogP contribution < -0.4 is 10.1 Å². The van der Waals surface area contributed by atoms with Gasteiger partial charge in [-0.25, -0.2) is 4.98 Å².